The van der Waals surface area contributed by atoms with Crippen molar-refractivity contribution in [3.05, 3.63) is 24.0 Å². The number of nitrogens with one attached hydrogen (secondary N) is 1. The molecular formula is C16H22N4O4. The summed E-state index contributed by atoms with van der Waals surface area (Å²) in [5, 5.41) is 11.7. The lowest BCUT2D eigenvalue weighted by Gasteiger charge is -2.20. The summed E-state index contributed by atoms with van der Waals surface area (Å²) in [4.78, 5) is 42.1. The summed E-state index contributed by atoms with van der Waals surface area (Å²) in [6, 6.07) is 2.99. The molecule has 1 aromatic rings. The minimum absolute atomic E-state index is 0.0551. The Morgan fingerprint density at radius 3 is 2.71 bits per heavy atom. The summed E-state index contributed by atoms with van der Waals surface area (Å²) in [6.45, 7) is 4.29. The van der Waals surface area contributed by atoms with Gasteiger partial charge in [-0.3, -0.25) is 14.6 Å². The second kappa shape index (κ2) is 7.29. The van der Waals surface area contributed by atoms with E-state index in [0.29, 0.717) is 18.7 Å². The number of amides is 3. The third-order valence-electron chi connectivity index (χ3n) is 3.98. The van der Waals surface area contributed by atoms with Gasteiger partial charge in [0.2, 0.25) is 5.91 Å². The van der Waals surface area contributed by atoms with E-state index >= 15 is 0 Å². The van der Waals surface area contributed by atoms with Crippen LogP contribution in [0.2, 0.25) is 0 Å². The van der Waals surface area contributed by atoms with Crippen LogP contribution in [0.4, 0.5) is 10.5 Å². The summed E-state index contributed by atoms with van der Waals surface area (Å²) < 4.78 is 0. The Labute approximate surface area is 140 Å². The molecule has 2 rings (SSSR count). The first-order valence-electron chi connectivity index (χ1n) is 7.82. The van der Waals surface area contributed by atoms with E-state index in [1.165, 1.54) is 16.0 Å². The van der Waals surface area contributed by atoms with E-state index in [1.54, 1.807) is 19.2 Å². The van der Waals surface area contributed by atoms with E-state index in [9.17, 15) is 14.4 Å². The van der Waals surface area contributed by atoms with Gasteiger partial charge in [-0.15, -0.1) is 0 Å². The van der Waals surface area contributed by atoms with Crippen molar-refractivity contribution in [2.75, 3.05) is 25.0 Å². The maximum absolute atomic E-state index is 12.3. The lowest BCUT2D eigenvalue weighted by molar-refractivity contribution is -0.121. The molecule has 3 amide bonds. The molecule has 2 heterocycles. The van der Waals surface area contributed by atoms with Crippen molar-refractivity contribution < 1.29 is 19.5 Å². The van der Waals surface area contributed by atoms with Crippen LogP contribution in [0.3, 0.4) is 0 Å². The van der Waals surface area contributed by atoms with Crippen molar-refractivity contribution in [3.8, 4) is 0 Å². The summed E-state index contributed by atoms with van der Waals surface area (Å²) >= 11 is 0. The Morgan fingerprint density at radius 1 is 1.42 bits per heavy atom. The Hall–Kier alpha value is -2.64. The maximum Gasteiger partial charge on any atom is 0.407 e. The van der Waals surface area contributed by atoms with Gasteiger partial charge < -0.3 is 20.2 Å². The first-order chi connectivity index (χ1) is 11.3. The van der Waals surface area contributed by atoms with Crippen LogP contribution in [-0.2, 0) is 4.79 Å². The van der Waals surface area contributed by atoms with Crippen molar-refractivity contribution in [1.29, 1.82) is 0 Å². The minimum Gasteiger partial charge on any atom is -0.465 e. The van der Waals surface area contributed by atoms with Crippen LogP contribution in [0.5, 0.6) is 0 Å². The predicted molar refractivity (Wildman–Crippen MR) is 88.0 cm³/mol. The molecule has 0 spiro atoms. The zero-order chi connectivity index (χ0) is 17.9. The number of rotatable bonds is 4. The molecule has 0 aromatic carbocycles. The lowest BCUT2D eigenvalue weighted by Crippen LogP contribution is -2.38. The number of carbonyl (C=O) groups excluding carboxylic acids is 2. The minimum atomic E-state index is -0.985. The van der Waals surface area contributed by atoms with E-state index in [2.05, 4.69) is 10.3 Å². The highest BCUT2D eigenvalue weighted by Gasteiger charge is 2.27. The van der Waals surface area contributed by atoms with Crippen LogP contribution in [-0.4, -0.2) is 59.1 Å². The van der Waals surface area contributed by atoms with Gasteiger partial charge in [0.05, 0.1) is 0 Å². The van der Waals surface area contributed by atoms with Gasteiger partial charge in [-0.25, -0.2) is 4.79 Å². The Bertz CT molecular complexity index is 647. The van der Waals surface area contributed by atoms with Crippen molar-refractivity contribution in [1.82, 2.24) is 15.2 Å². The highest BCUT2D eigenvalue weighted by molar-refractivity contribution is 5.97. The number of hydrogen-bond donors (Lipinski definition) is 2. The highest BCUT2D eigenvalue weighted by atomic mass is 16.4. The number of pyridine rings is 1. The average Bonchev–Trinajstić information content (AvgIpc) is 3.02. The number of aromatic nitrogens is 1. The van der Waals surface area contributed by atoms with E-state index in [1.807, 2.05) is 13.8 Å². The number of hydrogen-bond acceptors (Lipinski definition) is 4. The molecule has 1 atom stereocenters. The summed E-state index contributed by atoms with van der Waals surface area (Å²) in [5.41, 5.74) is 0.789. The zero-order valence-electron chi connectivity index (χ0n) is 14.0. The van der Waals surface area contributed by atoms with E-state index in [-0.39, 0.29) is 36.0 Å². The van der Waals surface area contributed by atoms with Crippen molar-refractivity contribution >= 4 is 23.6 Å². The largest absolute Gasteiger partial charge is 0.465 e. The van der Waals surface area contributed by atoms with Gasteiger partial charge in [0, 0.05) is 44.0 Å². The summed E-state index contributed by atoms with van der Waals surface area (Å²) in [6.07, 6.45) is 1.07. The van der Waals surface area contributed by atoms with Crippen molar-refractivity contribution in [2.45, 2.75) is 26.3 Å². The SMILES string of the molecule is CC(C)C(=O)N(C)c1ccnc(C(=O)NC2CCN(C(=O)O)C2)c1. The van der Waals surface area contributed by atoms with Crippen LogP contribution in [0.25, 0.3) is 0 Å². The van der Waals surface area contributed by atoms with E-state index < -0.39 is 6.09 Å². The number of carbonyl (C=O) groups is 3. The average molecular weight is 334 g/mol. The number of anilines is 1. The lowest BCUT2D eigenvalue weighted by atomic mass is 10.2. The molecule has 1 unspecified atom stereocenters. The standard InChI is InChI=1S/C16H22N4O4/c1-10(2)15(22)19(3)12-4-6-17-13(8-12)14(21)18-11-5-7-20(9-11)16(23)24/h4,6,8,10-11H,5,7,9H2,1-3H3,(H,18,21)(H,23,24). The molecule has 1 fully saturated rings. The first-order valence-corrected chi connectivity index (χ1v) is 7.82. The van der Waals surface area contributed by atoms with Crippen LogP contribution < -0.4 is 10.2 Å². The van der Waals surface area contributed by atoms with Crippen LogP contribution >= 0.6 is 0 Å². The van der Waals surface area contributed by atoms with Gasteiger partial charge in [-0.1, -0.05) is 13.8 Å². The molecule has 2 N–H and O–H groups in total. The predicted octanol–water partition coefficient (Wildman–Crippen LogP) is 1.18. The number of carboxylic acid groups (broad SMARTS) is 1. The fraction of sp³-hybridized carbons (Fsp3) is 0.500. The van der Waals surface area contributed by atoms with Crippen LogP contribution in [0.15, 0.2) is 18.3 Å². The molecular weight excluding hydrogens is 312 g/mol. The fourth-order valence-corrected chi connectivity index (χ4v) is 2.58. The van der Waals surface area contributed by atoms with Crippen LogP contribution in [0.1, 0.15) is 30.8 Å². The summed E-state index contributed by atoms with van der Waals surface area (Å²) in [7, 11) is 1.65. The highest BCUT2D eigenvalue weighted by Crippen LogP contribution is 2.16. The molecule has 8 nitrogen and oxygen atoms in total. The third-order valence-corrected chi connectivity index (χ3v) is 3.98. The molecule has 0 radical (unpaired) electrons. The van der Waals surface area contributed by atoms with Crippen molar-refractivity contribution in [3.63, 3.8) is 0 Å². The van der Waals surface area contributed by atoms with Gasteiger partial charge in [-0.05, 0) is 18.6 Å². The molecule has 130 valence electrons. The smallest absolute Gasteiger partial charge is 0.407 e. The molecule has 0 bridgehead atoms. The van der Waals surface area contributed by atoms with E-state index in [4.69, 9.17) is 5.11 Å². The molecule has 24 heavy (non-hydrogen) atoms. The van der Waals surface area contributed by atoms with E-state index in [0.717, 1.165) is 0 Å². The molecule has 8 heteroatoms. The Balaban J connectivity index is 2.04. The fourth-order valence-electron chi connectivity index (χ4n) is 2.58. The first kappa shape index (κ1) is 17.7. The normalized spacial score (nSPS) is 17.0. The van der Waals surface area contributed by atoms with Crippen molar-refractivity contribution in [2.24, 2.45) is 5.92 Å². The molecule has 1 aliphatic rings. The molecule has 1 aliphatic heterocycles. The van der Waals surface area contributed by atoms with Gasteiger partial charge in [0.1, 0.15) is 5.69 Å². The molecule has 1 aromatic heterocycles. The summed E-state index contributed by atoms with van der Waals surface area (Å²) in [5.74, 6) is -0.583. The Morgan fingerprint density at radius 2 is 2.12 bits per heavy atom. The topological polar surface area (TPSA) is 103 Å². The maximum atomic E-state index is 12.3. The number of likely N-dealkylation sites (tertiary alicyclic amines) is 1. The molecule has 0 saturated carbocycles. The molecule has 1 saturated heterocycles. The van der Waals surface area contributed by atoms with Crippen LogP contribution in [0, 0.1) is 5.92 Å². The van der Waals surface area contributed by atoms with Gasteiger partial charge in [0.25, 0.3) is 5.91 Å². The van der Waals surface area contributed by atoms with Gasteiger partial charge in [0.15, 0.2) is 0 Å². The second-order valence-electron chi connectivity index (χ2n) is 6.14. The van der Waals surface area contributed by atoms with Gasteiger partial charge in [-0.2, -0.15) is 0 Å². The third kappa shape index (κ3) is 4.01. The second-order valence-corrected chi connectivity index (χ2v) is 6.14. The Kier molecular flexibility index (Phi) is 5.38. The number of nitrogens with zero attached hydrogens (tertiary/aromatic N) is 3. The van der Waals surface area contributed by atoms with Gasteiger partial charge >= 0.3 is 6.09 Å². The monoisotopic (exact) mass is 334 g/mol. The zero-order valence-corrected chi connectivity index (χ0v) is 14.0. The quantitative estimate of drug-likeness (QED) is 0.861. The molecule has 0 aliphatic carbocycles.